The predicted molar refractivity (Wildman–Crippen MR) is 89.0 cm³/mol. The van der Waals surface area contributed by atoms with Crippen LogP contribution in [0.5, 0.6) is 0 Å². The summed E-state index contributed by atoms with van der Waals surface area (Å²) in [5, 5.41) is 1.11. The van der Waals surface area contributed by atoms with Gasteiger partial charge in [-0.05, 0) is 18.6 Å². The molecule has 0 spiro atoms. The van der Waals surface area contributed by atoms with E-state index >= 15 is 0 Å². The van der Waals surface area contributed by atoms with Gasteiger partial charge in [0, 0.05) is 31.5 Å². The summed E-state index contributed by atoms with van der Waals surface area (Å²) in [4.78, 5) is 13.7. The molecule has 0 aliphatic carbocycles. The molecule has 23 heavy (non-hydrogen) atoms. The lowest BCUT2D eigenvalue weighted by atomic mass is 10.2. The van der Waals surface area contributed by atoms with E-state index in [4.69, 9.17) is 4.74 Å². The average Bonchev–Trinajstić information content (AvgIpc) is 2.54. The summed E-state index contributed by atoms with van der Waals surface area (Å²) in [6, 6.07) is 9.16. The fourth-order valence-corrected chi connectivity index (χ4v) is 3.10. The molecule has 1 unspecified atom stereocenters. The second-order valence-corrected chi connectivity index (χ2v) is 7.07. The van der Waals surface area contributed by atoms with Gasteiger partial charge < -0.3 is 9.64 Å². The summed E-state index contributed by atoms with van der Waals surface area (Å²) in [6.45, 7) is 3.64. The Balaban J connectivity index is 1.78. The lowest BCUT2D eigenvalue weighted by Crippen LogP contribution is -2.45. The lowest BCUT2D eigenvalue weighted by Gasteiger charge is -2.31. The quantitative estimate of drug-likeness (QED) is 0.846. The van der Waals surface area contributed by atoms with Gasteiger partial charge in [-0.15, -0.1) is 0 Å². The van der Waals surface area contributed by atoms with E-state index in [1.807, 2.05) is 37.3 Å². The average molecular weight is 338 g/mol. The van der Waals surface area contributed by atoms with Crippen LogP contribution in [0.1, 0.15) is 18.9 Å². The Bertz CT molecular complexity index is 643. The zero-order chi connectivity index (χ0) is 16.7. The molecule has 6 nitrogen and oxygen atoms in total. The number of carbonyl (C=O) groups is 1. The SMILES string of the molecule is CC1CN(C(=O)CCNS(=O)(=O)/C=C/c2ccccc2)CCO1. The highest BCUT2D eigenvalue weighted by atomic mass is 32.2. The van der Waals surface area contributed by atoms with Crippen LogP contribution in [0.2, 0.25) is 0 Å². The third-order valence-electron chi connectivity index (χ3n) is 3.48. The molecular formula is C16H22N2O4S. The van der Waals surface area contributed by atoms with Crippen LogP contribution in [0.15, 0.2) is 35.7 Å². The molecule has 1 aliphatic heterocycles. The topological polar surface area (TPSA) is 75.7 Å². The van der Waals surface area contributed by atoms with Gasteiger partial charge in [0.1, 0.15) is 0 Å². The predicted octanol–water partition coefficient (Wildman–Crippen LogP) is 1.21. The van der Waals surface area contributed by atoms with Crippen molar-refractivity contribution in [1.82, 2.24) is 9.62 Å². The number of ether oxygens (including phenoxy) is 1. The maximum atomic E-state index is 12.0. The first kappa shape index (κ1) is 17.7. The van der Waals surface area contributed by atoms with Crippen molar-refractivity contribution < 1.29 is 17.9 Å². The second-order valence-electron chi connectivity index (χ2n) is 5.42. The molecule has 1 aliphatic rings. The third-order valence-corrected chi connectivity index (χ3v) is 4.58. The molecule has 126 valence electrons. The van der Waals surface area contributed by atoms with Gasteiger partial charge in [-0.2, -0.15) is 0 Å². The Morgan fingerprint density at radius 1 is 1.39 bits per heavy atom. The number of hydrogen-bond acceptors (Lipinski definition) is 4. The molecule has 2 rings (SSSR count). The Hall–Kier alpha value is -1.70. The van der Waals surface area contributed by atoms with Gasteiger partial charge in [-0.1, -0.05) is 30.3 Å². The maximum Gasteiger partial charge on any atom is 0.233 e. The molecule has 1 heterocycles. The lowest BCUT2D eigenvalue weighted by molar-refractivity contribution is -0.137. The fraction of sp³-hybridized carbons (Fsp3) is 0.438. The largest absolute Gasteiger partial charge is 0.375 e. The van der Waals surface area contributed by atoms with Crippen LogP contribution in [-0.4, -0.2) is 51.6 Å². The van der Waals surface area contributed by atoms with E-state index < -0.39 is 10.0 Å². The van der Waals surface area contributed by atoms with Crippen molar-refractivity contribution in [2.24, 2.45) is 0 Å². The molecule has 1 aromatic rings. The first-order valence-electron chi connectivity index (χ1n) is 7.58. The standard InChI is InChI=1S/C16H22N2O4S/c1-14-13-18(10-11-22-14)16(19)7-9-17-23(20,21)12-8-15-5-3-2-4-6-15/h2-6,8,12,14,17H,7,9-11,13H2,1H3/b12-8+. The van der Waals surface area contributed by atoms with E-state index in [9.17, 15) is 13.2 Å². The fourth-order valence-electron chi connectivity index (χ4n) is 2.28. The van der Waals surface area contributed by atoms with Crippen LogP contribution < -0.4 is 4.72 Å². The minimum Gasteiger partial charge on any atom is -0.375 e. The van der Waals surface area contributed by atoms with Crippen molar-refractivity contribution in [3.05, 3.63) is 41.3 Å². The zero-order valence-corrected chi connectivity index (χ0v) is 14.0. The van der Waals surface area contributed by atoms with Crippen LogP contribution in [0.4, 0.5) is 0 Å². The van der Waals surface area contributed by atoms with Crippen molar-refractivity contribution >= 4 is 22.0 Å². The number of carbonyl (C=O) groups excluding carboxylic acids is 1. The summed E-state index contributed by atoms with van der Waals surface area (Å²) in [5.74, 6) is -0.0603. The number of nitrogens with one attached hydrogen (secondary N) is 1. The first-order valence-corrected chi connectivity index (χ1v) is 9.13. The summed E-state index contributed by atoms with van der Waals surface area (Å²) >= 11 is 0. The molecule has 1 saturated heterocycles. The molecule has 7 heteroatoms. The molecule has 0 bridgehead atoms. The highest BCUT2D eigenvalue weighted by Gasteiger charge is 2.21. The molecule has 0 aromatic heterocycles. The van der Waals surface area contributed by atoms with Gasteiger partial charge in [0.15, 0.2) is 0 Å². The number of sulfonamides is 1. The number of morpholine rings is 1. The third kappa shape index (κ3) is 6.13. The van der Waals surface area contributed by atoms with Gasteiger partial charge in [0.05, 0.1) is 12.7 Å². The van der Waals surface area contributed by atoms with Gasteiger partial charge in [0.25, 0.3) is 0 Å². The molecular weight excluding hydrogens is 316 g/mol. The van der Waals surface area contributed by atoms with Crippen molar-refractivity contribution in [2.75, 3.05) is 26.2 Å². The smallest absolute Gasteiger partial charge is 0.233 e. The molecule has 1 aromatic carbocycles. The number of amides is 1. The molecule has 1 atom stereocenters. The van der Waals surface area contributed by atoms with Crippen LogP contribution in [-0.2, 0) is 19.6 Å². The minimum atomic E-state index is -3.54. The van der Waals surface area contributed by atoms with E-state index in [0.717, 1.165) is 11.0 Å². The van der Waals surface area contributed by atoms with Gasteiger partial charge in [-0.25, -0.2) is 13.1 Å². The Morgan fingerprint density at radius 3 is 2.83 bits per heavy atom. The number of benzene rings is 1. The van der Waals surface area contributed by atoms with E-state index in [1.165, 1.54) is 6.08 Å². The molecule has 1 N–H and O–H groups in total. The van der Waals surface area contributed by atoms with Crippen molar-refractivity contribution in [2.45, 2.75) is 19.4 Å². The maximum absolute atomic E-state index is 12.0. The summed E-state index contributed by atoms with van der Waals surface area (Å²) < 4.78 is 31.5. The van der Waals surface area contributed by atoms with Crippen molar-refractivity contribution in [1.29, 1.82) is 0 Å². The van der Waals surface area contributed by atoms with E-state index in [-0.39, 0.29) is 25.0 Å². The summed E-state index contributed by atoms with van der Waals surface area (Å²) in [5.41, 5.74) is 0.802. The first-order chi connectivity index (χ1) is 11.0. The summed E-state index contributed by atoms with van der Waals surface area (Å²) in [7, 11) is -3.54. The normalized spacial score (nSPS) is 19.2. The number of hydrogen-bond donors (Lipinski definition) is 1. The minimum absolute atomic E-state index is 0.0261. The molecule has 1 fully saturated rings. The van der Waals surface area contributed by atoms with E-state index in [1.54, 1.807) is 4.90 Å². The van der Waals surface area contributed by atoms with E-state index in [2.05, 4.69) is 4.72 Å². The van der Waals surface area contributed by atoms with Crippen LogP contribution in [0, 0.1) is 0 Å². The van der Waals surface area contributed by atoms with Gasteiger partial charge >= 0.3 is 0 Å². The molecule has 0 saturated carbocycles. The Morgan fingerprint density at radius 2 is 2.13 bits per heavy atom. The highest BCUT2D eigenvalue weighted by molar-refractivity contribution is 7.92. The van der Waals surface area contributed by atoms with E-state index in [0.29, 0.717) is 19.7 Å². The molecule has 1 amide bonds. The van der Waals surface area contributed by atoms with Crippen molar-refractivity contribution in [3.8, 4) is 0 Å². The highest BCUT2D eigenvalue weighted by Crippen LogP contribution is 2.06. The Kier molecular flexibility index (Phi) is 6.32. The van der Waals surface area contributed by atoms with Crippen molar-refractivity contribution in [3.63, 3.8) is 0 Å². The summed E-state index contributed by atoms with van der Waals surface area (Å²) in [6.07, 6.45) is 1.69. The number of rotatable bonds is 6. The second kappa shape index (κ2) is 8.24. The monoisotopic (exact) mass is 338 g/mol. The Labute approximate surface area is 137 Å². The van der Waals surface area contributed by atoms with Gasteiger partial charge in [-0.3, -0.25) is 4.79 Å². The van der Waals surface area contributed by atoms with Gasteiger partial charge in [0.2, 0.25) is 15.9 Å². The zero-order valence-electron chi connectivity index (χ0n) is 13.1. The molecule has 0 radical (unpaired) electrons. The van der Waals surface area contributed by atoms with Crippen LogP contribution in [0.3, 0.4) is 0 Å². The van der Waals surface area contributed by atoms with Crippen LogP contribution in [0.25, 0.3) is 6.08 Å². The van der Waals surface area contributed by atoms with Crippen LogP contribution >= 0.6 is 0 Å². The number of nitrogens with zero attached hydrogens (tertiary/aromatic N) is 1.